The highest BCUT2D eigenvalue weighted by atomic mass is 31.3. The number of aliphatic hydroxyl groups is 1. The molecule has 0 spiro atoms. The predicted molar refractivity (Wildman–Crippen MR) is 93.8 cm³/mol. The standard InChI is InChI=1S/C12H17N5O9P2/c1-5-6(3-25-28(23,24)26-27(20,21)22)8(18)2-7(5)17-4-14-9-10(17)15-12(13)16-11(9)19/h4,6-8,18H,1-3H2,(H,23,24)(H2,20,21,22)(H3,13,15,16,19)/t6-,7-,8-/m0/s1. The van der Waals surface area contributed by atoms with Crippen LogP contribution in [0.15, 0.2) is 23.3 Å². The van der Waals surface area contributed by atoms with Crippen LogP contribution < -0.4 is 11.3 Å². The van der Waals surface area contributed by atoms with E-state index in [4.69, 9.17) is 15.5 Å². The number of nitrogen functional groups attached to an aromatic ring is 1. The third-order valence-electron chi connectivity index (χ3n) is 4.25. The molecule has 1 fully saturated rings. The van der Waals surface area contributed by atoms with E-state index in [0.29, 0.717) is 5.57 Å². The van der Waals surface area contributed by atoms with Crippen molar-refractivity contribution in [3.05, 3.63) is 28.8 Å². The van der Waals surface area contributed by atoms with Crippen molar-refractivity contribution in [2.75, 3.05) is 12.3 Å². The number of imidazole rings is 1. The molecule has 0 saturated heterocycles. The second-order valence-electron chi connectivity index (χ2n) is 6.11. The number of hydrogen-bond donors (Lipinski definition) is 6. The first-order chi connectivity index (χ1) is 12.9. The van der Waals surface area contributed by atoms with Gasteiger partial charge in [0.25, 0.3) is 5.56 Å². The first-order valence-electron chi connectivity index (χ1n) is 7.71. The van der Waals surface area contributed by atoms with Gasteiger partial charge in [0.05, 0.1) is 25.1 Å². The Bertz CT molecular complexity index is 1080. The van der Waals surface area contributed by atoms with Crippen LogP contribution in [0.25, 0.3) is 11.2 Å². The molecule has 3 rings (SSSR count). The van der Waals surface area contributed by atoms with E-state index >= 15 is 0 Å². The highest BCUT2D eigenvalue weighted by molar-refractivity contribution is 7.60. The SMILES string of the molecule is C=C1[C@H](COP(=O)(O)OP(=O)(O)O)[C@@H](O)C[C@@H]1n1cnc2c(=O)[nH]c(N)nc21. The van der Waals surface area contributed by atoms with E-state index in [2.05, 4.69) is 30.4 Å². The summed E-state index contributed by atoms with van der Waals surface area (Å²) in [7, 11) is -10.3. The zero-order chi connectivity index (χ0) is 20.9. The molecule has 1 aliphatic rings. The van der Waals surface area contributed by atoms with Crippen molar-refractivity contribution in [3.63, 3.8) is 0 Å². The third kappa shape index (κ3) is 4.24. The maximum absolute atomic E-state index is 11.9. The van der Waals surface area contributed by atoms with E-state index in [1.54, 1.807) is 0 Å². The molecule has 28 heavy (non-hydrogen) atoms. The highest BCUT2D eigenvalue weighted by Crippen LogP contribution is 2.58. The number of nitrogens with one attached hydrogen (secondary N) is 1. The smallest absolute Gasteiger partial charge is 0.392 e. The van der Waals surface area contributed by atoms with Crippen molar-refractivity contribution in [1.29, 1.82) is 0 Å². The summed E-state index contributed by atoms with van der Waals surface area (Å²) in [6.07, 6.45) is 0.359. The minimum atomic E-state index is -5.26. The van der Waals surface area contributed by atoms with E-state index in [0.717, 1.165) is 0 Å². The second kappa shape index (κ2) is 7.17. The number of aromatic amines is 1. The summed E-state index contributed by atoms with van der Waals surface area (Å²) in [6.45, 7) is 3.26. The Kier molecular flexibility index (Phi) is 5.34. The van der Waals surface area contributed by atoms with Crippen LogP contribution in [-0.2, 0) is 18.0 Å². The topological polar surface area (TPSA) is 223 Å². The van der Waals surface area contributed by atoms with E-state index < -0.39 is 45.9 Å². The summed E-state index contributed by atoms with van der Waals surface area (Å²) in [5, 5.41) is 10.3. The number of nitrogens with two attached hydrogens (primary N) is 1. The molecule has 14 nitrogen and oxygen atoms in total. The number of anilines is 1. The maximum Gasteiger partial charge on any atom is 0.481 e. The summed E-state index contributed by atoms with van der Waals surface area (Å²) < 4.78 is 32.1. The van der Waals surface area contributed by atoms with Crippen molar-refractivity contribution in [1.82, 2.24) is 19.5 Å². The van der Waals surface area contributed by atoms with Crippen LogP contribution in [0.1, 0.15) is 12.5 Å². The molecule has 7 N–H and O–H groups in total. The lowest BCUT2D eigenvalue weighted by atomic mass is 10.0. The van der Waals surface area contributed by atoms with E-state index in [-0.39, 0.29) is 23.5 Å². The van der Waals surface area contributed by atoms with Gasteiger partial charge in [0.2, 0.25) is 5.95 Å². The molecule has 2 aromatic rings. The number of phosphoric acid groups is 2. The summed E-state index contributed by atoms with van der Waals surface area (Å²) in [5.74, 6) is -0.985. The molecule has 1 unspecified atom stereocenters. The van der Waals surface area contributed by atoms with Gasteiger partial charge >= 0.3 is 15.6 Å². The fourth-order valence-corrected chi connectivity index (χ4v) is 4.67. The number of phosphoric ester groups is 1. The minimum absolute atomic E-state index is 0.0334. The Hall–Kier alpha value is -1.89. The number of nitrogens with zero attached hydrogens (tertiary/aromatic N) is 3. The lowest BCUT2D eigenvalue weighted by molar-refractivity contribution is 0.0934. The number of hydrogen-bond acceptors (Lipinski definition) is 9. The molecule has 0 aromatic carbocycles. The molecule has 2 aromatic heterocycles. The Morgan fingerprint density at radius 3 is 2.71 bits per heavy atom. The number of rotatable bonds is 6. The zero-order valence-electron chi connectivity index (χ0n) is 14.1. The van der Waals surface area contributed by atoms with Crippen LogP contribution in [0.5, 0.6) is 0 Å². The average molecular weight is 437 g/mol. The van der Waals surface area contributed by atoms with Crippen molar-refractivity contribution >= 4 is 32.8 Å². The Morgan fingerprint density at radius 2 is 2.07 bits per heavy atom. The van der Waals surface area contributed by atoms with Crippen molar-refractivity contribution in [2.24, 2.45) is 5.92 Å². The Balaban J connectivity index is 1.81. The normalized spacial score (nSPS) is 25.3. The zero-order valence-corrected chi connectivity index (χ0v) is 15.9. The summed E-state index contributed by atoms with van der Waals surface area (Å²) in [6, 6.07) is -0.580. The molecular weight excluding hydrogens is 420 g/mol. The molecule has 0 amide bonds. The van der Waals surface area contributed by atoms with Gasteiger partial charge in [-0.2, -0.15) is 9.29 Å². The summed E-state index contributed by atoms with van der Waals surface area (Å²) in [4.78, 5) is 48.8. The van der Waals surface area contributed by atoms with Gasteiger partial charge in [0.15, 0.2) is 11.2 Å². The molecule has 0 bridgehead atoms. The lowest BCUT2D eigenvalue weighted by Crippen LogP contribution is -2.19. The van der Waals surface area contributed by atoms with Gasteiger partial charge in [0.1, 0.15) is 0 Å². The van der Waals surface area contributed by atoms with Gasteiger partial charge in [-0.15, -0.1) is 0 Å². The van der Waals surface area contributed by atoms with Gasteiger partial charge in [-0.1, -0.05) is 6.58 Å². The molecule has 1 saturated carbocycles. The molecule has 2 heterocycles. The van der Waals surface area contributed by atoms with Crippen molar-refractivity contribution in [3.8, 4) is 0 Å². The van der Waals surface area contributed by atoms with Gasteiger partial charge < -0.3 is 30.1 Å². The molecule has 1 aliphatic carbocycles. The Morgan fingerprint density at radius 1 is 1.39 bits per heavy atom. The van der Waals surface area contributed by atoms with Crippen molar-refractivity contribution in [2.45, 2.75) is 18.6 Å². The Labute approximate surface area is 156 Å². The fraction of sp³-hybridized carbons (Fsp3) is 0.417. The third-order valence-corrected chi connectivity index (χ3v) is 6.40. The summed E-state index contributed by atoms with van der Waals surface area (Å²) >= 11 is 0. The van der Waals surface area contributed by atoms with E-state index in [1.165, 1.54) is 10.9 Å². The molecular formula is C12H17N5O9P2. The van der Waals surface area contributed by atoms with Gasteiger partial charge in [-0.25, -0.2) is 14.1 Å². The average Bonchev–Trinajstić information content (AvgIpc) is 3.04. The van der Waals surface area contributed by atoms with Crippen LogP contribution in [0.3, 0.4) is 0 Å². The molecule has 154 valence electrons. The van der Waals surface area contributed by atoms with Gasteiger partial charge in [0, 0.05) is 5.92 Å². The second-order valence-corrected chi connectivity index (χ2v) is 8.94. The highest BCUT2D eigenvalue weighted by Gasteiger charge is 2.41. The van der Waals surface area contributed by atoms with E-state index in [1.807, 2.05) is 0 Å². The molecule has 0 aliphatic heterocycles. The van der Waals surface area contributed by atoms with Crippen LogP contribution in [-0.4, -0.2) is 52.0 Å². The largest absolute Gasteiger partial charge is 0.481 e. The van der Waals surface area contributed by atoms with Crippen LogP contribution in [0.4, 0.5) is 5.95 Å². The minimum Gasteiger partial charge on any atom is -0.392 e. The number of aromatic nitrogens is 4. The van der Waals surface area contributed by atoms with Crippen LogP contribution in [0.2, 0.25) is 0 Å². The maximum atomic E-state index is 11.9. The predicted octanol–water partition coefficient (Wildman–Crippen LogP) is -0.594. The fourth-order valence-electron chi connectivity index (χ4n) is 3.05. The van der Waals surface area contributed by atoms with Crippen LogP contribution in [0, 0.1) is 5.92 Å². The molecule has 16 heteroatoms. The number of H-pyrrole nitrogens is 1. The monoisotopic (exact) mass is 437 g/mol. The molecule has 0 radical (unpaired) electrons. The van der Waals surface area contributed by atoms with Crippen molar-refractivity contribution < 1.29 is 37.8 Å². The number of fused-ring (bicyclic) bond motifs is 1. The first-order valence-corrected chi connectivity index (χ1v) is 10.7. The lowest BCUT2D eigenvalue weighted by Gasteiger charge is -2.19. The van der Waals surface area contributed by atoms with Gasteiger partial charge in [-0.05, 0) is 12.0 Å². The quantitative estimate of drug-likeness (QED) is 0.246. The van der Waals surface area contributed by atoms with Gasteiger partial charge in [-0.3, -0.25) is 14.3 Å². The summed E-state index contributed by atoms with van der Waals surface area (Å²) in [5.41, 5.74) is 5.57. The van der Waals surface area contributed by atoms with Crippen LogP contribution >= 0.6 is 15.6 Å². The first kappa shape index (κ1) is 20.8. The van der Waals surface area contributed by atoms with E-state index in [9.17, 15) is 23.9 Å². The number of aliphatic hydroxyl groups excluding tert-OH is 1. The molecule has 4 atom stereocenters.